The van der Waals surface area contributed by atoms with Crippen LogP contribution in [0.4, 0.5) is 0 Å². The van der Waals surface area contributed by atoms with Crippen LogP contribution in [0, 0.1) is 0 Å². The number of hydrogen-bond acceptors (Lipinski definition) is 4. The van der Waals surface area contributed by atoms with Gasteiger partial charge in [0.2, 0.25) is 0 Å². The molecule has 6 nitrogen and oxygen atoms in total. The van der Waals surface area contributed by atoms with E-state index >= 15 is 0 Å². The Kier molecular flexibility index (Phi) is 5.79. The molecule has 0 radical (unpaired) electrons. The minimum absolute atomic E-state index is 0. The van der Waals surface area contributed by atoms with E-state index in [0.717, 1.165) is 19.4 Å². The molecule has 1 N–H and O–H groups in total. The maximum atomic E-state index is 12.4. The van der Waals surface area contributed by atoms with Crippen LogP contribution in [0.2, 0.25) is 0 Å². The highest BCUT2D eigenvalue weighted by Crippen LogP contribution is 2.19. The lowest BCUT2D eigenvalue weighted by atomic mass is 10.1. The number of rotatable bonds is 4. The quantitative estimate of drug-likeness (QED) is 0.889. The number of likely N-dealkylation sites (N-methyl/N-ethyl adjacent to an activating group) is 1. The third-order valence-corrected chi connectivity index (χ3v) is 5.12. The van der Waals surface area contributed by atoms with Gasteiger partial charge in [-0.2, -0.15) is 4.31 Å². The smallest absolute Gasteiger partial charge is 0.262 e. The molecule has 2 rings (SSSR count). The topological polar surface area (TPSA) is 67.2 Å². The number of sulfonamides is 1. The van der Waals surface area contributed by atoms with Crippen LogP contribution in [0.15, 0.2) is 17.6 Å². The van der Waals surface area contributed by atoms with Crippen LogP contribution in [0.5, 0.6) is 0 Å². The molecule has 0 aromatic carbocycles. The van der Waals surface area contributed by atoms with E-state index in [-0.39, 0.29) is 23.5 Å². The van der Waals surface area contributed by atoms with E-state index in [2.05, 4.69) is 10.3 Å². The standard InChI is InChI=1S/C11H20N4O2S.ClH/c1-3-14-8-11(13-9-14)18(16,17)15-6-4-5-10(7-15)12-2;/h8-10,12H,3-7H2,1-2H3;1H. The molecule has 0 bridgehead atoms. The van der Waals surface area contributed by atoms with E-state index in [1.165, 1.54) is 4.31 Å². The molecule has 1 saturated heterocycles. The maximum absolute atomic E-state index is 12.4. The van der Waals surface area contributed by atoms with Crippen molar-refractivity contribution in [3.8, 4) is 0 Å². The number of nitrogens with one attached hydrogen (secondary N) is 1. The average Bonchev–Trinajstić information content (AvgIpc) is 2.88. The molecule has 1 atom stereocenters. The van der Waals surface area contributed by atoms with Gasteiger partial charge in [0.25, 0.3) is 10.0 Å². The number of imidazole rings is 1. The molecular weight excluding hydrogens is 288 g/mol. The number of hydrogen-bond donors (Lipinski definition) is 1. The Hall–Kier alpha value is -0.630. The van der Waals surface area contributed by atoms with Gasteiger partial charge in [0.1, 0.15) is 0 Å². The molecule has 19 heavy (non-hydrogen) atoms. The first-order valence-electron chi connectivity index (χ1n) is 6.27. The highest BCUT2D eigenvalue weighted by molar-refractivity contribution is 7.89. The van der Waals surface area contributed by atoms with Crippen molar-refractivity contribution >= 4 is 22.4 Å². The first-order chi connectivity index (χ1) is 8.57. The third-order valence-electron chi connectivity index (χ3n) is 3.37. The van der Waals surface area contributed by atoms with Gasteiger partial charge in [0.05, 0.1) is 6.33 Å². The van der Waals surface area contributed by atoms with Crippen molar-refractivity contribution in [3.05, 3.63) is 12.5 Å². The highest BCUT2D eigenvalue weighted by atomic mass is 35.5. The fraction of sp³-hybridized carbons (Fsp3) is 0.727. The molecule has 0 aliphatic carbocycles. The van der Waals surface area contributed by atoms with Crippen LogP contribution < -0.4 is 5.32 Å². The monoisotopic (exact) mass is 308 g/mol. The van der Waals surface area contributed by atoms with Crippen molar-refractivity contribution in [2.24, 2.45) is 0 Å². The zero-order valence-corrected chi connectivity index (χ0v) is 12.9. The first-order valence-corrected chi connectivity index (χ1v) is 7.71. The minimum Gasteiger partial charge on any atom is -0.336 e. The van der Waals surface area contributed by atoms with Crippen molar-refractivity contribution in [3.63, 3.8) is 0 Å². The Labute approximate surface area is 120 Å². The summed E-state index contributed by atoms with van der Waals surface area (Å²) in [6.07, 6.45) is 5.07. The second-order valence-electron chi connectivity index (χ2n) is 4.53. The summed E-state index contributed by atoms with van der Waals surface area (Å²) >= 11 is 0. The van der Waals surface area contributed by atoms with Gasteiger partial charge in [-0.3, -0.25) is 0 Å². The SMILES string of the molecule is CCn1cnc(S(=O)(=O)N2CCCC(NC)C2)c1.Cl. The fourth-order valence-electron chi connectivity index (χ4n) is 2.17. The average molecular weight is 309 g/mol. The van der Waals surface area contributed by atoms with E-state index in [1.54, 1.807) is 17.1 Å². The molecule has 1 aromatic heterocycles. The predicted molar refractivity (Wildman–Crippen MR) is 76.0 cm³/mol. The molecule has 1 aliphatic rings. The molecular formula is C11H21ClN4O2S. The Morgan fingerprint density at radius 3 is 2.84 bits per heavy atom. The Bertz CT molecular complexity index is 503. The Morgan fingerprint density at radius 2 is 2.26 bits per heavy atom. The molecule has 1 fully saturated rings. The summed E-state index contributed by atoms with van der Waals surface area (Å²) in [5.41, 5.74) is 0. The number of halogens is 1. The molecule has 0 spiro atoms. The number of nitrogens with zero attached hydrogens (tertiary/aromatic N) is 3. The lowest BCUT2D eigenvalue weighted by Crippen LogP contribution is -2.46. The Balaban J connectivity index is 0.00000180. The summed E-state index contributed by atoms with van der Waals surface area (Å²) in [5, 5.41) is 3.30. The number of aromatic nitrogens is 2. The van der Waals surface area contributed by atoms with Crippen LogP contribution in [0.25, 0.3) is 0 Å². The van der Waals surface area contributed by atoms with Gasteiger partial charge in [-0.05, 0) is 26.8 Å². The summed E-state index contributed by atoms with van der Waals surface area (Å²) in [6.45, 7) is 3.79. The highest BCUT2D eigenvalue weighted by Gasteiger charge is 2.31. The van der Waals surface area contributed by atoms with E-state index < -0.39 is 10.0 Å². The summed E-state index contributed by atoms with van der Waals surface area (Å²) < 4.78 is 28.1. The van der Waals surface area contributed by atoms with Gasteiger partial charge < -0.3 is 9.88 Å². The molecule has 1 aliphatic heterocycles. The summed E-state index contributed by atoms with van der Waals surface area (Å²) in [5.74, 6) is 0. The normalized spacial score (nSPS) is 21.1. The van der Waals surface area contributed by atoms with E-state index in [0.29, 0.717) is 13.1 Å². The largest absolute Gasteiger partial charge is 0.336 e. The van der Waals surface area contributed by atoms with Crippen molar-refractivity contribution in [1.82, 2.24) is 19.2 Å². The van der Waals surface area contributed by atoms with Crippen LogP contribution in [-0.4, -0.2) is 48.5 Å². The van der Waals surface area contributed by atoms with Crippen molar-refractivity contribution < 1.29 is 8.42 Å². The lowest BCUT2D eigenvalue weighted by Gasteiger charge is -2.31. The summed E-state index contributed by atoms with van der Waals surface area (Å²) in [7, 11) is -1.57. The number of aryl methyl sites for hydroxylation is 1. The molecule has 1 aromatic rings. The zero-order chi connectivity index (χ0) is 13.2. The third kappa shape index (κ3) is 3.47. The molecule has 2 heterocycles. The first kappa shape index (κ1) is 16.4. The van der Waals surface area contributed by atoms with Crippen LogP contribution in [-0.2, 0) is 16.6 Å². The molecule has 0 saturated carbocycles. The maximum Gasteiger partial charge on any atom is 0.262 e. The fourth-order valence-corrected chi connectivity index (χ4v) is 3.63. The molecule has 1 unspecified atom stereocenters. The van der Waals surface area contributed by atoms with Crippen LogP contribution in [0.1, 0.15) is 19.8 Å². The summed E-state index contributed by atoms with van der Waals surface area (Å²) in [6, 6.07) is 0.238. The zero-order valence-electron chi connectivity index (χ0n) is 11.2. The van der Waals surface area contributed by atoms with Crippen LogP contribution in [0.3, 0.4) is 0 Å². The van der Waals surface area contributed by atoms with Gasteiger partial charge >= 0.3 is 0 Å². The Morgan fingerprint density at radius 1 is 1.53 bits per heavy atom. The molecule has 110 valence electrons. The van der Waals surface area contributed by atoms with E-state index in [9.17, 15) is 8.42 Å². The second-order valence-corrected chi connectivity index (χ2v) is 6.42. The van der Waals surface area contributed by atoms with Gasteiger partial charge in [0.15, 0.2) is 5.03 Å². The predicted octanol–water partition coefficient (Wildman–Crippen LogP) is 0.697. The van der Waals surface area contributed by atoms with Crippen molar-refractivity contribution in [2.45, 2.75) is 37.4 Å². The van der Waals surface area contributed by atoms with Gasteiger partial charge in [-0.25, -0.2) is 13.4 Å². The van der Waals surface area contributed by atoms with Gasteiger partial charge in [-0.1, -0.05) is 0 Å². The van der Waals surface area contributed by atoms with E-state index in [1.807, 2.05) is 14.0 Å². The van der Waals surface area contributed by atoms with Crippen molar-refractivity contribution in [1.29, 1.82) is 0 Å². The minimum atomic E-state index is -3.43. The van der Waals surface area contributed by atoms with Gasteiger partial charge in [0, 0.05) is 31.9 Å². The molecule has 0 amide bonds. The lowest BCUT2D eigenvalue weighted by molar-refractivity contribution is 0.292. The van der Waals surface area contributed by atoms with Crippen LogP contribution >= 0.6 is 12.4 Å². The van der Waals surface area contributed by atoms with Gasteiger partial charge in [-0.15, -0.1) is 12.4 Å². The number of piperidine rings is 1. The second kappa shape index (κ2) is 6.69. The van der Waals surface area contributed by atoms with Crippen molar-refractivity contribution in [2.75, 3.05) is 20.1 Å². The molecule has 8 heteroatoms. The summed E-state index contributed by atoms with van der Waals surface area (Å²) in [4.78, 5) is 4.00. The van der Waals surface area contributed by atoms with E-state index in [4.69, 9.17) is 0 Å².